The molecule has 1 atom stereocenters. The van der Waals surface area contributed by atoms with Gasteiger partial charge in [-0.3, -0.25) is 4.90 Å². The van der Waals surface area contributed by atoms with E-state index in [1.807, 2.05) is 4.90 Å². The van der Waals surface area contributed by atoms with Gasteiger partial charge in [-0.2, -0.15) is 0 Å². The van der Waals surface area contributed by atoms with E-state index in [9.17, 15) is 14.3 Å². The largest absolute Gasteiger partial charge is 0.478 e. The van der Waals surface area contributed by atoms with Gasteiger partial charge in [0.1, 0.15) is 5.82 Å². The Morgan fingerprint density at radius 2 is 2.21 bits per heavy atom. The highest BCUT2D eigenvalue weighted by Crippen LogP contribution is 2.27. The molecule has 1 aliphatic rings. The van der Waals surface area contributed by atoms with E-state index in [1.165, 1.54) is 18.2 Å². The Morgan fingerprint density at radius 1 is 1.47 bits per heavy atom. The molecule has 5 heteroatoms. The minimum Gasteiger partial charge on any atom is -0.478 e. The highest BCUT2D eigenvalue weighted by atomic mass is 19.1. The first-order valence-electron chi connectivity index (χ1n) is 6.55. The number of anilines is 1. The third-order valence-corrected chi connectivity index (χ3v) is 3.70. The van der Waals surface area contributed by atoms with Gasteiger partial charge in [-0.05, 0) is 25.6 Å². The predicted molar refractivity (Wildman–Crippen MR) is 72.3 cm³/mol. The average molecular weight is 266 g/mol. The van der Waals surface area contributed by atoms with Gasteiger partial charge in [-0.25, -0.2) is 9.18 Å². The number of halogens is 1. The molecule has 0 amide bonds. The standard InChI is InChI=1S/C14H19FN2O2/c1-3-16-7-8-17(9-10(16)2)13-11(14(18)19)5-4-6-12(13)15/h4-6,10H,3,7-9H2,1-2H3,(H,18,19). The molecule has 1 aromatic carbocycles. The molecule has 2 rings (SSSR count). The number of carboxylic acid groups (broad SMARTS) is 1. The molecule has 0 bridgehead atoms. The van der Waals surface area contributed by atoms with Gasteiger partial charge in [0.15, 0.2) is 0 Å². The second-order valence-corrected chi connectivity index (χ2v) is 4.86. The molecule has 104 valence electrons. The van der Waals surface area contributed by atoms with Gasteiger partial charge < -0.3 is 10.0 Å². The quantitative estimate of drug-likeness (QED) is 0.909. The van der Waals surface area contributed by atoms with Gasteiger partial charge in [0.25, 0.3) is 0 Å². The number of aromatic carboxylic acids is 1. The molecule has 1 aliphatic heterocycles. The van der Waals surface area contributed by atoms with Crippen molar-refractivity contribution >= 4 is 11.7 Å². The van der Waals surface area contributed by atoms with Crippen molar-refractivity contribution in [1.82, 2.24) is 4.90 Å². The van der Waals surface area contributed by atoms with Crippen LogP contribution in [0.3, 0.4) is 0 Å². The molecule has 4 nitrogen and oxygen atoms in total. The molecular formula is C14H19FN2O2. The van der Waals surface area contributed by atoms with Crippen molar-refractivity contribution in [3.05, 3.63) is 29.6 Å². The summed E-state index contributed by atoms with van der Waals surface area (Å²) >= 11 is 0. The SMILES string of the molecule is CCN1CCN(c2c(F)cccc2C(=O)O)CC1C. The maximum absolute atomic E-state index is 14.0. The van der Waals surface area contributed by atoms with Crippen LogP contribution in [0.25, 0.3) is 0 Å². The second-order valence-electron chi connectivity index (χ2n) is 4.86. The lowest BCUT2D eigenvalue weighted by Crippen LogP contribution is -2.52. The van der Waals surface area contributed by atoms with Crippen LogP contribution in [0.4, 0.5) is 10.1 Å². The first-order valence-corrected chi connectivity index (χ1v) is 6.55. The third kappa shape index (κ3) is 2.71. The van der Waals surface area contributed by atoms with Gasteiger partial charge in [0.05, 0.1) is 11.3 Å². The van der Waals surface area contributed by atoms with Crippen molar-refractivity contribution < 1.29 is 14.3 Å². The number of piperazine rings is 1. The topological polar surface area (TPSA) is 43.8 Å². The summed E-state index contributed by atoms with van der Waals surface area (Å²) < 4.78 is 14.0. The highest BCUT2D eigenvalue weighted by molar-refractivity contribution is 5.94. The molecule has 1 heterocycles. The van der Waals surface area contributed by atoms with Crippen LogP contribution in [0.1, 0.15) is 24.2 Å². The number of hydrogen-bond donors (Lipinski definition) is 1. The minimum atomic E-state index is -1.08. The van der Waals surface area contributed by atoms with E-state index < -0.39 is 11.8 Å². The molecule has 1 saturated heterocycles. The van der Waals surface area contributed by atoms with Crippen LogP contribution in [0.5, 0.6) is 0 Å². The van der Waals surface area contributed by atoms with Crippen LogP contribution in [0, 0.1) is 5.82 Å². The molecular weight excluding hydrogens is 247 g/mol. The van der Waals surface area contributed by atoms with Crippen LogP contribution in [0.2, 0.25) is 0 Å². The maximum Gasteiger partial charge on any atom is 0.337 e. The number of benzene rings is 1. The smallest absolute Gasteiger partial charge is 0.337 e. The van der Waals surface area contributed by atoms with E-state index in [1.54, 1.807) is 0 Å². The summed E-state index contributed by atoms with van der Waals surface area (Å²) in [7, 11) is 0. The molecule has 0 aliphatic carbocycles. The van der Waals surface area contributed by atoms with Crippen molar-refractivity contribution in [3.8, 4) is 0 Å². The summed E-state index contributed by atoms with van der Waals surface area (Å²) in [6.45, 7) is 7.26. The molecule has 1 aromatic rings. The number of hydrogen-bond acceptors (Lipinski definition) is 3. The van der Waals surface area contributed by atoms with E-state index in [4.69, 9.17) is 0 Å². The summed E-state index contributed by atoms with van der Waals surface area (Å²) in [5, 5.41) is 9.18. The highest BCUT2D eigenvalue weighted by Gasteiger charge is 2.27. The lowest BCUT2D eigenvalue weighted by molar-refractivity contribution is 0.0696. The fraction of sp³-hybridized carbons (Fsp3) is 0.500. The fourth-order valence-corrected chi connectivity index (χ4v) is 2.68. The summed E-state index contributed by atoms with van der Waals surface area (Å²) in [5.74, 6) is -1.54. The number of para-hydroxylation sites is 1. The van der Waals surface area contributed by atoms with Crippen LogP contribution >= 0.6 is 0 Å². The predicted octanol–water partition coefficient (Wildman–Crippen LogP) is 2.05. The Labute approximate surface area is 112 Å². The third-order valence-electron chi connectivity index (χ3n) is 3.70. The summed E-state index contributed by atoms with van der Waals surface area (Å²) in [6, 6.07) is 4.50. The number of likely N-dealkylation sites (N-methyl/N-ethyl adjacent to an activating group) is 1. The Bertz CT molecular complexity index is 479. The Morgan fingerprint density at radius 3 is 2.79 bits per heavy atom. The van der Waals surface area contributed by atoms with E-state index >= 15 is 0 Å². The molecule has 0 spiro atoms. The molecule has 0 aromatic heterocycles. The zero-order chi connectivity index (χ0) is 14.0. The summed E-state index contributed by atoms with van der Waals surface area (Å²) in [4.78, 5) is 15.4. The number of nitrogens with zero attached hydrogens (tertiary/aromatic N) is 2. The van der Waals surface area contributed by atoms with Crippen LogP contribution < -0.4 is 4.90 Å². The van der Waals surface area contributed by atoms with Gasteiger partial charge >= 0.3 is 5.97 Å². The fourth-order valence-electron chi connectivity index (χ4n) is 2.68. The van der Waals surface area contributed by atoms with Gasteiger partial charge in [-0.15, -0.1) is 0 Å². The van der Waals surface area contributed by atoms with Crippen molar-refractivity contribution in [2.45, 2.75) is 19.9 Å². The van der Waals surface area contributed by atoms with Crippen LogP contribution in [0.15, 0.2) is 18.2 Å². The zero-order valence-electron chi connectivity index (χ0n) is 11.3. The van der Waals surface area contributed by atoms with Crippen molar-refractivity contribution in [2.24, 2.45) is 0 Å². The van der Waals surface area contributed by atoms with Gasteiger partial charge in [-0.1, -0.05) is 13.0 Å². The number of carboxylic acids is 1. The van der Waals surface area contributed by atoms with E-state index in [-0.39, 0.29) is 11.3 Å². The minimum absolute atomic E-state index is 0.0390. The summed E-state index contributed by atoms with van der Waals surface area (Å²) in [6.07, 6.45) is 0. The molecule has 0 radical (unpaired) electrons. The second kappa shape index (κ2) is 5.57. The Balaban J connectivity index is 2.30. The van der Waals surface area contributed by atoms with Crippen molar-refractivity contribution in [3.63, 3.8) is 0 Å². The van der Waals surface area contributed by atoms with Crippen molar-refractivity contribution in [2.75, 3.05) is 31.1 Å². The van der Waals surface area contributed by atoms with E-state index in [0.717, 1.165) is 13.1 Å². The molecule has 1 unspecified atom stereocenters. The first kappa shape index (κ1) is 13.8. The molecule has 1 fully saturated rings. The number of rotatable bonds is 3. The number of carbonyl (C=O) groups is 1. The Hall–Kier alpha value is -1.62. The summed E-state index contributed by atoms with van der Waals surface area (Å²) in [5.41, 5.74) is 0.259. The van der Waals surface area contributed by atoms with Gasteiger partial charge in [0, 0.05) is 25.7 Å². The van der Waals surface area contributed by atoms with E-state index in [0.29, 0.717) is 19.1 Å². The molecule has 0 saturated carbocycles. The Kier molecular flexibility index (Phi) is 4.04. The average Bonchev–Trinajstić information content (AvgIpc) is 2.38. The lowest BCUT2D eigenvalue weighted by Gasteiger charge is -2.40. The molecule has 19 heavy (non-hydrogen) atoms. The first-order chi connectivity index (χ1) is 9.04. The van der Waals surface area contributed by atoms with Crippen molar-refractivity contribution in [1.29, 1.82) is 0 Å². The van der Waals surface area contributed by atoms with Crippen LogP contribution in [-0.2, 0) is 0 Å². The zero-order valence-corrected chi connectivity index (χ0v) is 11.3. The normalized spacial score (nSPS) is 20.6. The maximum atomic E-state index is 14.0. The monoisotopic (exact) mass is 266 g/mol. The van der Waals surface area contributed by atoms with Gasteiger partial charge in [0.2, 0.25) is 0 Å². The molecule has 1 N–H and O–H groups in total. The lowest BCUT2D eigenvalue weighted by atomic mass is 10.1. The van der Waals surface area contributed by atoms with E-state index in [2.05, 4.69) is 18.7 Å². The van der Waals surface area contributed by atoms with Crippen LogP contribution in [-0.4, -0.2) is 48.2 Å².